The van der Waals surface area contributed by atoms with Gasteiger partial charge in [0.25, 0.3) is 0 Å². The number of aliphatic hydroxyl groups is 1. The average molecular weight is 308 g/mol. The number of ether oxygens (including phenoxy) is 1. The van der Waals surface area contributed by atoms with Crippen LogP contribution in [0.25, 0.3) is 0 Å². The van der Waals surface area contributed by atoms with Crippen LogP contribution < -0.4 is 10.5 Å². The molecule has 0 radical (unpaired) electrons. The molecule has 1 aliphatic heterocycles. The molecule has 3 N–H and O–H groups in total. The highest BCUT2D eigenvalue weighted by molar-refractivity contribution is 7.80. The third-order valence-electron chi connectivity index (χ3n) is 4.25. The quantitative estimate of drug-likeness (QED) is 0.814. The maximum Gasteiger partial charge on any atom is 0.129 e. The molecule has 2 rings (SSSR count). The van der Waals surface area contributed by atoms with Gasteiger partial charge in [0.15, 0.2) is 0 Å². The van der Waals surface area contributed by atoms with Gasteiger partial charge in [0.1, 0.15) is 10.7 Å². The number of hydrogen-bond acceptors (Lipinski definition) is 4. The lowest BCUT2D eigenvalue weighted by Gasteiger charge is -2.33. The highest BCUT2D eigenvalue weighted by atomic mass is 32.1. The Balaban J connectivity index is 1.99. The summed E-state index contributed by atoms with van der Waals surface area (Å²) in [6, 6.07) is 5.99. The van der Waals surface area contributed by atoms with E-state index in [2.05, 4.69) is 11.0 Å². The Morgan fingerprint density at radius 1 is 1.48 bits per heavy atom. The highest BCUT2D eigenvalue weighted by Crippen LogP contribution is 2.24. The van der Waals surface area contributed by atoms with Crippen LogP contribution in [-0.2, 0) is 6.54 Å². The van der Waals surface area contributed by atoms with Gasteiger partial charge in [-0.1, -0.05) is 18.3 Å². The van der Waals surface area contributed by atoms with Gasteiger partial charge in [0, 0.05) is 6.54 Å². The van der Waals surface area contributed by atoms with E-state index in [1.165, 1.54) is 5.56 Å². The van der Waals surface area contributed by atoms with Crippen molar-refractivity contribution in [2.75, 3.05) is 20.2 Å². The van der Waals surface area contributed by atoms with E-state index >= 15 is 0 Å². The number of methoxy groups -OCH3 is 1. The first-order valence-electron chi connectivity index (χ1n) is 7.38. The maximum absolute atomic E-state index is 9.64. The highest BCUT2D eigenvalue weighted by Gasteiger charge is 2.22. The minimum atomic E-state index is -0.197. The Bertz CT molecular complexity index is 497. The molecule has 1 aromatic carbocycles. The van der Waals surface area contributed by atoms with Crippen LogP contribution in [0.15, 0.2) is 18.2 Å². The van der Waals surface area contributed by atoms with Crippen LogP contribution in [0.1, 0.15) is 30.9 Å². The summed E-state index contributed by atoms with van der Waals surface area (Å²) >= 11 is 5.02. The number of rotatable bonds is 5. The molecule has 1 fully saturated rings. The molecule has 5 heteroatoms. The molecular weight excluding hydrogens is 284 g/mol. The van der Waals surface area contributed by atoms with Crippen molar-refractivity contribution in [3.05, 3.63) is 29.3 Å². The van der Waals surface area contributed by atoms with Crippen LogP contribution in [0, 0.1) is 5.92 Å². The van der Waals surface area contributed by atoms with E-state index in [0.29, 0.717) is 10.9 Å². The van der Waals surface area contributed by atoms with Crippen molar-refractivity contribution in [3.63, 3.8) is 0 Å². The van der Waals surface area contributed by atoms with Crippen molar-refractivity contribution >= 4 is 17.2 Å². The van der Waals surface area contributed by atoms with Crippen LogP contribution in [0.4, 0.5) is 0 Å². The molecule has 1 unspecified atom stereocenters. The SMILES string of the molecule is COc1cc(CN2CCC(C(C)O)CC2)ccc1C(N)=S. The normalized spacial score (nSPS) is 18.4. The predicted molar refractivity (Wildman–Crippen MR) is 88.6 cm³/mol. The molecule has 0 aromatic heterocycles. The lowest BCUT2D eigenvalue weighted by atomic mass is 9.92. The second-order valence-electron chi connectivity index (χ2n) is 5.75. The van der Waals surface area contributed by atoms with Gasteiger partial charge in [-0.2, -0.15) is 0 Å². The van der Waals surface area contributed by atoms with E-state index in [1.54, 1.807) is 7.11 Å². The minimum absolute atomic E-state index is 0.197. The Labute approximate surface area is 131 Å². The monoisotopic (exact) mass is 308 g/mol. The number of thiocarbonyl (C=S) groups is 1. The van der Waals surface area contributed by atoms with Gasteiger partial charge in [-0.3, -0.25) is 4.90 Å². The summed E-state index contributed by atoms with van der Waals surface area (Å²) in [6.07, 6.45) is 1.91. The Morgan fingerprint density at radius 3 is 2.67 bits per heavy atom. The zero-order chi connectivity index (χ0) is 15.4. The fourth-order valence-electron chi connectivity index (χ4n) is 2.89. The van der Waals surface area contributed by atoms with Crippen molar-refractivity contribution in [1.29, 1.82) is 0 Å². The van der Waals surface area contributed by atoms with Gasteiger partial charge in [-0.25, -0.2) is 0 Å². The molecule has 0 bridgehead atoms. The average Bonchev–Trinajstić information content (AvgIpc) is 2.47. The van der Waals surface area contributed by atoms with Gasteiger partial charge in [0.05, 0.1) is 18.8 Å². The van der Waals surface area contributed by atoms with E-state index in [4.69, 9.17) is 22.7 Å². The third-order valence-corrected chi connectivity index (χ3v) is 4.47. The molecule has 1 atom stereocenters. The molecule has 1 aliphatic rings. The van der Waals surface area contributed by atoms with Crippen LogP contribution >= 0.6 is 12.2 Å². The van der Waals surface area contributed by atoms with E-state index < -0.39 is 0 Å². The Kier molecular flexibility index (Phi) is 5.56. The summed E-state index contributed by atoms with van der Waals surface area (Å²) < 4.78 is 5.37. The number of likely N-dealkylation sites (tertiary alicyclic amines) is 1. The van der Waals surface area contributed by atoms with Gasteiger partial charge >= 0.3 is 0 Å². The topological polar surface area (TPSA) is 58.7 Å². The zero-order valence-corrected chi connectivity index (χ0v) is 13.5. The molecular formula is C16H24N2O2S. The molecule has 1 aromatic rings. The first-order chi connectivity index (χ1) is 10.0. The molecule has 0 saturated carbocycles. The number of piperidine rings is 1. The fraction of sp³-hybridized carbons (Fsp3) is 0.562. The summed E-state index contributed by atoms with van der Waals surface area (Å²) in [7, 11) is 1.63. The largest absolute Gasteiger partial charge is 0.496 e. The fourth-order valence-corrected chi connectivity index (χ4v) is 3.06. The van der Waals surface area contributed by atoms with Crippen molar-refractivity contribution in [1.82, 2.24) is 4.90 Å². The van der Waals surface area contributed by atoms with E-state index in [9.17, 15) is 5.11 Å². The van der Waals surface area contributed by atoms with E-state index in [0.717, 1.165) is 43.8 Å². The second-order valence-corrected chi connectivity index (χ2v) is 6.19. The Morgan fingerprint density at radius 2 is 2.14 bits per heavy atom. The molecule has 1 heterocycles. The molecule has 0 spiro atoms. The van der Waals surface area contributed by atoms with Gasteiger partial charge in [0.2, 0.25) is 0 Å². The van der Waals surface area contributed by atoms with Crippen LogP contribution in [0.5, 0.6) is 5.75 Å². The first-order valence-corrected chi connectivity index (χ1v) is 7.79. The first kappa shape index (κ1) is 16.2. The van der Waals surface area contributed by atoms with Crippen LogP contribution in [0.3, 0.4) is 0 Å². The lowest BCUT2D eigenvalue weighted by Crippen LogP contribution is -2.36. The summed E-state index contributed by atoms with van der Waals surface area (Å²) in [4.78, 5) is 2.77. The van der Waals surface area contributed by atoms with Crippen LogP contribution in [-0.4, -0.2) is 41.3 Å². The van der Waals surface area contributed by atoms with Crippen LogP contribution in [0.2, 0.25) is 0 Å². The molecule has 0 amide bonds. The summed E-state index contributed by atoms with van der Waals surface area (Å²) in [6.45, 7) is 4.82. The molecule has 0 aliphatic carbocycles. The minimum Gasteiger partial charge on any atom is -0.496 e. The number of aliphatic hydroxyl groups excluding tert-OH is 1. The molecule has 21 heavy (non-hydrogen) atoms. The summed E-state index contributed by atoms with van der Waals surface area (Å²) in [5.41, 5.74) is 7.66. The smallest absolute Gasteiger partial charge is 0.129 e. The van der Waals surface area contributed by atoms with Crippen molar-refractivity contribution in [3.8, 4) is 5.75 Å². The molecule has 1 saturated heterocycles. The summed E-state index contributed by atoms with van der Waals surface area (Å²) in [5, 5.41) is 9.64. The standard InChI is InChI=1S/C16H24N2O2S/c1-11(19)13-5-7-18(8-6-13)10-12-3-4-14(16(17)21)15(9-12)20-2/h3-4,9,11,13,19H,5-8,10H2,1-2H3,(H2,17,21). The number of nitrogens with two attached hydrogens (primary N) is 1. The maximum atomic E-state index is 9.64. The number of nitrogens with zero attached hydrogens (tertiary/aromatic N) is 1. The summed E-state index contributed by atoms with van der Waals surface area (Å²) in [5.74, 6) is 1.17. The van der Waals surface area contributed by atoms with Crippen molar-refractivity contribution in [2.24, 2.45) is 11.7 Å². The van der Waals surface area contributed by atoms with Crippen molar-refractivity contribution in [2.45, 2.75) is 32.4 Å². The van der Waals surface area contributed by atoms with Gasteiger partial charge < -0.3 is 15.6 Å². The lowest BCUT2D eigenvalue weighted by molar-refractivity contribution is 0.0695. The number of benzene rings is 1. The molecule has 4 nitrogen and oxygen atoms in total. The predicted octanol–water partition coefficient (Wildman–Crippen LogP) is 1.92. The number of hydrogen-bond donors (Lipinski definition) is 2. The molecule has 116 valence electrons. The Hall–Kier alpha value is -1.17. The van der Waals surface area contributed by atoms with Gasteiger partial charge in [-0.15, -0.1) is 0 Å². The van der Waals surface area contributed by atoms with Gasteiger partial charge in [-0.05, 0) is 56.5 Å². The van der Waals surface area contributed by atoms with E-state index in [1.807, 2.05) is 19.1 Å². The zero-order valence-electron chi connectivity index (χ0n) is 12.7. The second kappa shape index (κ2) is 7.20. The third kappa shape index (κ3) is 4.15. The van der Waals surface area contributed by atoms with E-state index in [-0.39, 0.29) is 6.10 Å². The van der Waals surface area contributed by atoms with Crippen molar-refractivity contribution < 1.29 is 9.84 Å².